The van der Waals surface area contributed by atoms with E-state index < -0.39 is 0 Å². The van der Waals surface area contributed by atoms with Gasteiger partial charge in [-0.15, -0.1) is 0 Å². The Hall–Kier alpha value is -2.61. The topological polar surface area (TPSA) is 17.8 Å². The van der Waals surface area contributed by atoms with Crippen LogP contribution in [0.5, 0.6) is 0 Å². The molecule has 0 aliphatic rings. The van der Waals surface area contributed by atoms with Crippen LogP contribution in [0.25, 0.3) is 27.2 Å². The summed E-state index contributed by atoms with van der Waals surface area (Å²) >= 11 is 0. The Balaban J connectivity index is 1.88. The summed E-state index contributed by atoms with van der Waals surface area (Å²) in [6, 6.07) is 17.7. The minimum Gasteiger partial charge on any atom is -0.305 e. The van der Waals surface area contributed by atoms with Gasteiger partial charge in [0.25, 0.3) is 0 Å². The highest BCUT2D eigenvalue weighted by atomic mass is 15.0. The summed E-state index contributed by atoms with van der Waals surface area (Å²) in [5, 5.41) is 5.24. The van der Waals surface area contributed by atoms with Crippen molar-refractivity contribution in [3.8, 4) is 5.69 Å². The first kappa shape index (κ1) is 15.9. The second-order valence-electron chi connectivity index (χ2n) is 6.74. The van der Waals surface area contributed by atoms with Crippen molar-refractivity contribution < 1.29 is 0 Å². The second kappa shape index (κ2) is 7.10. The number of rotatable bonds is 6. The predicted molar refractivity (Wildman–Crippen MR) is 106 cm³/mol. The van der Waals surface area contributed by atoms with E-state index in [1.807, 2.05) is 12.5 Å². The number of imidazole rings is 1. The number of hydrogen-bond acceptors (Lipinski definition) is 1. The number of unbranched alkanes of at least 4 members (excludes halogenated alkanes) is 3. The van der Waals surface area contributed by atoms with Crippen molar-refractivity contribution >= 4 is 21.5 Å². The molecule has 3 aromatic carbocycles. The van der Waals surface area contributed by atoms with Crippen molar-refractivity contribution in [1.29, 1.82) is 0 Å². The van der Waals surface area contributed by atoms with Crippen molar-refractivity contribution in [3.63, 3.8) is 0 Å². The third kappa shape index (κ3) is 3.05. The Kier molecular flexibility index (Phi) is 4.51. The van der Waals surface area contributed by atoms with Gasteiger partial charge < -0.3 is 4.57 Å². The first-order chi connectivity index (χ1) is 12.4. The average molecular weight is 328 g/mol. The van der Waals surface area contributed by atoms with Crippen LogP contribution in [0.4, 0.5) is 0 Å². The Labute approximate surface area is 149 Å². The lowest BCUT2D eigenvalue weighted by atomic mass is 9.95. The van der Waals surface area contributed by atoms with E-state index in [2.05, 4.69) is 71.2 Å². The summed E-state index contributed by atoms with van der Waals surface area (Å²) in [5.41, 5.74) is 2.70. The fourth-order valence-electron chi connectivity index (χ4n) is 3.76. The first-order valence-corrected chi connectivity index (χ1v) is 9.30. The SMILES string of the molecule is CCCCCCc1ccc2c(ccc3ccccc32)c1-n1ccnc1. The van der Waals surface area contributed by atoms with Crippen molar-refractivity contribution in [1.82, 2.24) is 9.55 Å². The monoisotopic (exact) mass is 328 g/mol. The molecule has 0 radical (unpaired) electrons. The van der Waals surface area contributed by atoms with Gasteiger partial charge in [0.1, 0.15) is 0 Å². The van der Waals surface area contributed by atoms with Gasteiger partial charge in [0, 0.05) is 17.8 Å². The highest BCUT2D eigenvalue weighted by molar-refractivity contribution is 6.10. The number of hydrogen-bond donors (Lipinski definition) is 0. The normalized spacial score (nSPS) is 11.4. The fourth-order valence-corrected chi connectivity index (χ4v) is 3.76. The molecule has 0 fully saturated rings. The zero-order valence-corrected chi connectivity index (χ0v) is 14.8. The van der Waals surface area contributed by atoms with Gasteiger partial charge in [-0.1, -0.05) is 74.7 Å². The van der Waals surface area contributed by atoms with Gasteiger partial charge in [-0.25, -0.2) is 4.98 Å². The molecule has 4 aromatic rings. The van der Waals surface area contributed by atoms with Crippen LogP contribution in [-0.4, -0.2) is 9.55 Å². The molecular formula is C23H24N2. The lowest BCUT2D eigenvalue weighted by Gasteiger charge is -2.15. The molecule has 126 valence electrons. The molecule has 4 rings (SSSR count). The average Bonchev–Trinajstić information content (AvgIpc) is 3.19. The Morgan fingerprint density at radius 3 is 2.56 bits per heavy atom. The van der Waals surface area contributed by atoms with E-state index in [1.165, 1.54) is 58.5 Å². The zero-order chi connectivity index (χ0) is 17.1. The quantitative estimate of drug-likeness (QED) is 0.300. The van der Waals surface area contributed by atoms with Crippen molar-refractivity contribution in [2.75, 3.05) is 0 Å². The number of benzene rings is 3. The molecule has 1 heterocycles. The maximum Gasteiger partial charge on any atom is 0.0992 e. The van der Waals surface area contributed by atoms with Crippen LogP contribution in [0.15, 0.2) is 67.3 Å². The molecule has 2 heteroatoms. The lowest BCUT2D eigenvalue weighted by molar-refractivity contribution is 0.666. The van der Waals surface area contributed by atoms with E-state index in [9.17, 15) is 0 Å². The third-order valence-corrected chi connectivity index (χ3v) is 5.04. The summed E-state index contributed by atoms with van der Waals surface area (Å²) in [6.07, 6.45) is 12.1. The molecule has 0 saturated carbocycles. The van der Waals surface area contributed by atoms with Gasteiger partial charge in [0.05, 0.1) is 12.0 Å². The van der Waals surface area contributed by atoms with Crippen LogP contribution in [0.1, 0.15) is 38.2 Å². The standard InChI is InChI=1S/C23H24N2/c1-2-3-4-5-9-19-12-13-21-20-10-7-6-8-18(20)11-14-22(21)23(19)25-16-15-24-17-25/h6-8,10-17H,2-5,9H2,1H3. The van der Waals surface area contributed by atoms with Gasteiger partial charge in [0.15, 0.2) is 0 Å². The molecule has 0 unspecified atom stereocenters. The largest absolute Gasteiger partial charge is 0.305 e. The third-order valence-electron chi connectivity index (χ3n) is 5.04. The molecule has 25 heavy (non-hydrogen) atoms. The molecule has 0 aliphatic heterocycles. The van der Waals surface area contributed by atoms with Gasteiger partial charge in [-0.2, -0.15) is 0 Å². The molecular weight excluding hydrogens is 304 g/mol. The molecule has 0 saturated heterocycles. The fraction of sp³-hybridized carbons (Fsp3) is 0.261. The Morgan fingerprint density at radius 1 is 0.840 bits per heavy atom. The van der Waals surface area contributed by atoms with Gasteiger partial charge in [-0.3, -0.25) is 0 Å². The van der Waals surface area contributed by atoms with Crippen molar-refractivity contribution in [3.05, 3.63) is 72.8 Å². The molecule has 0 amide bonds. The summed E-state index contributed by atoms with van der Waals surface area (Å²) in [7, 11) is 0. The summed E-state index contributed by atoms with van der Waals surface area (Å²) < 4.78 is 2.17. The second-order valence-corrected chi connectivity index (χ2v) is 6.74. The zero-order valence-electron chi connectivity index (χ0n) is 14.8. The van der Waals surface area contributed by atoms with Gasteiger partial charge in [0.2, 0.25) is 0 Å². The van der Waals surface area contributed by atoms with Crippen LogP contribution < -0.4 is 0 Å². The molecule has 0 atom stereocenters. The van der Waals surface area contributed by atoms with Crippen LogP contribution in [0.2, 0.25) is 0 Å². The minimum absolute atomic E-state index is 1.12. The molecule has 0 spiro atoms. The number of fused-ring (bicyclic) bond motifs is 3. The smallest absolute Gasteiger partial charge is 0.0992 e. The molecule has 1 aromatic heterocycles. The molecule has 0 N–H and O–H groups in total. The van der Waals surface area contributed by atoms with Crippen LogP contribution in [0.3, 0.4) is 0 Å². The molecule has 0 bridgehead atoms. The Bertz CT molecular complexity index is 984. The number of aromatic nitrogens is 2. The maximum absolute atomic E-state index is 4.28. The van der Waals surface area contributed by atoms with Gasteiger partial charge in [-0.05, 0) is 34.6 Å². The number of aryl methyl sites for hydroxylation is 1. The highest BCUT2D eigenvalue weighted by Gasteiger charge is 2.11. The van der Waals surface area contributed by atoms with E-state index in [-0.39, 0.29) is 0 Å². The first-order valence-electron chi connectivity index (χ1n) is 9.30. The predicted octanol–water partition coefficient (Wildman–Crippen LogP) is 6.30. The lowest BCUT2D eigenvalue weighted by Crippen LogP contribution is -2.00. The summed E-state index contributed by atoms with van der Waals surface area (Å²) in [6.45, 7) is 2.26. The van der Waals surface area contributed by atoms with Crippen molar-refractivity contribution in [2.24, 2.45) is 0 Å². The highest BCUT2D eigenvalue weighted by Crippen LogP contribution is 2.32. The van der Waals surface area contributed by atoms with E-state index in [1.54, 1.807) is 0 Å². The van der Waals surface area contributed by atoms with Crippen molar-refractivity contribution in [2.45, 2.75) is 39.0 Å². The number of nitrogens with zero attached hydrogens (tertiary/aromatic N) is 2. The Morgan fingerprint density at radius 2 is 1.72 bits per heavy atom. The van der Waals surface area contributed by atoms with E-state index in [0.717, 1.165) is 6.42 Å². The van der Waals surface area contributed by atoms with Crippen LogP contribution in [-0.2, 0) is 6.42 Å². The van der Waals surface area contributed by atoms with E-state index >= 15 is 0 Å². The maximum atomic E-state index is 4.28. The van der Waals surface area contributed by atoms with Gasteiger partial charge >= 0.3 is 0 Å². The summed E-state index contributed by atoms with van der Waals surface area (Å²) in [4.78, 5) is 4.28. The van der Waals surface area contributed by atoms with Crippen LogP contribution in [0, 0.1) is 0 Å². The molecule has 0 aliphatic carbocycles. The molecule has 2 nitrogen and oxygen atoms in total. The van der Waals surface area contributed by atoms with Crippen LogP contribution >= 0.6 is 0 Å². The minimum atomic E-state index is 1.12. The van der Waals surface area contributed by atoms with E-state index in [4.69, 9.17) is 0 Å². The summed E-state index contributed by atoms with van der Waals surface area (Å²) in [5.74, 6) is 0. The van der Waals surface area contributed by atoms with E-state index in [0.29, 0.717) is 0 Å².